The van der Waals surface area contributed by atoms with Gasteiger partial charge in [0.05, 0.1) is 53.6 Å². The zero-order valence-corrected chi connectivity index (χ0v) is 21.5. The first-order valence-corrected chi connectivity index (χ1v) is 13.1. The van der Waals surface area contributed by atoms with Crippen LogP contribution in [0.5, 0.6) is 0 Å². The van der Waals surface area contributed by atoms with Gasteiger partial charge in [0, 0.05) is 38.9 Å². The number of quaternary nitrogens is 1. The van der Waals surface area contributed by atoms with Gasteiger partial charge in [0.2, 0.25) is 5.82 Å². The Balaban J connectivity index is 1.41. The molecule has 11 heteroatoms. The molecule has 0 atom stereocenters. The van der Waals surface area contributed by atoms with Crippen LogP contribution in [-0.2, 0) is 10.9 Å². The highest BCUT2D eigenvalue weighted by Crippen LogP contribution is 2.39. The molecule has 2 aliphatic rings. The minimum absolute atomic E-state index is 0.160. The van der Waals surface area contributed by atoms with Crippen LogP contribution in [0.4, 0.5) is 24.8 Å². The van der Waals surface area contributed by atoms with Gasteiger partial charge in [0.1, 0.15) is 17.2 Å². The summed E-state index contributed by atoms with van der Waals surface area (Å²) in [6, 6.07) is 7.59. The number of likely N-dealkylation sites (tertiary alicyclic amines) is 1. The van der Waals surface area contributed by atoms with Crippen molar-refractivity contribution in [3.63, 3.8) is 0 Å². The van der Waals surface area contributed by atoms with E-state index in [1.54, 1.807) is 24.6 Å². The Labute approximate surface area is 218 Å². The second kappa shape index (κ2) is 9.16. The molecule has 4 aromatic rings. The zero-order valence-electron chi connectivity index (χ0n) is 21.5. The number of methoxy groups -OCH3 is 1. The highest BCUT2D eigenvalue weighted by Gasteiger charge is 2.45. The third-order valence-corrected chi connectivity index (χ3v) is 8.35. The molecule has 200 valence electrons. The van der Waals surface area contributed by atoms with Crippen LogP contribution in [-0.4, -0.2) is 56.9 Å². The highest BCUT2D eigenvalue weighted by atomic mass is 19.4. The Kier molecular flexibility index (Phi) is 6.03. The van der Waals surface area contributed by atoms with E-state index < -0.39 is 11.7 Å². The zero-order chi connectivity index (χ0) is 26.7. The van der Waals surface area contributed by atoms with E-state index in [4.69, 9.17) is 15.5 Å². The van der Waals surface area contributed by atoms with Gasteiger partial charge in [-0.2, -0.15) is 27.8 Å². The fourth-order valence-electron chi connectivity index (χ4n) is 6.35. The van der Waals surface area contributed by atoms with Crippen molar-refractivity contribution in [1.29, 1.82) is 0 Å². The first-order chi connectivity index (χ1) is 18.2. The van der Waals surface area contributed by atoms with E-state index in [1.807, 2.05) is 6.07 Å². The number of nitrogens with zero attached hydrogens (tertiary/aromatic N) is 6. The van der Waals surface area contributed by atoms with Crippen LogP contribution in [0.25, 0.3) is 28.1 Å². The maximum absolute atomic E-state index is 13.3. The summed E-state index contributed by atoms with van der Waals surface area (Å²) in [4.78, 5) is 14.1. The number of fused-ring (bicyclic) bond motifs is 2. The van der Waals surface area contributed by atoms with Gasteiger partial charge in [-0.3, -0.25) is 4.48 Å². The van der Waals surface area contributed by atoms with Crippen LogP contribution < -0.4 is 10.2 Å². The predicted octanol–water partition coefficient (Wildman–Crippen LogP) is 5.31. The van der Waals surface area contributed by atoms with Crippen molar-refractivity contribution >= 4 is 28.3 Å². The number of hydrogen-bond acceptors (Lipinski definition) is 6. The summed E-state index contributed by atoms with van der Waals surface area (Å²) >= 11 is 0. The first kappa shape index (κ1) is 25.0. The lowest BCUT2D eigenvalue weighted by Gasteiger charge is -2.43. The summed E-state index contributed by atoms with van der Waals surface area (Å²) in [6.07, 6.45) is 2.42. The second-order valence-electron chi connectivity index (χ2n) is 10.6. The van der Waals surface area contributed by atoms with E-state index in [-0.39, 0.29) is 5.52 Å². The Morgan fingerprint density at radius 1 is 0.974 bits per heavy atom. The van der Waals surface area contributed by atoms with E-state index in [2.05, 4.69) is 15.1 Å². The number of anilines is 1. The molecule has 8 nitrogen and oxygen atoms in total. The normalized spacial score (nSPS) is 21.9. The summed E-state index contributed by atoms with van der Waals surface area (Å²) in [5.74, 6) is 1.42. The van der Waals surface area contributed by atoms with E-state index in [0.717, 1.165) is 74.0 Å². The Hall–Kier alpha value is -3.31. The van der Waals surface area contributed by atoms with Crippen LogP contribution >= 0.6 is 0 Å². The summed E-state index contributed by atoms with van der Waals surface area (Å²) in [5, 5.41) is 4.63. The predicted molar refractivity (Wildman–Crippen MR) is 139 cm³/mol. The number of ether oxygens (including phenoxy) is 1. The van der Waals surface area contributed by atoms with Crippen molar-refractivity contribution in [2.75, 3.05) is 25.9 Å². The molecule has 0 amide bonds. The summed E-state index contributed by atoms with van der Waals surface area (Å²) < 4.78 is 47.8. The van der Waals surface area contributed by atoms with Crippen LogP contribution in [0.15, 0.2) is 30.3 Å². The molecule has 0 radical (unpaired) electrons. The fraction of sp³-hybridized carbons (Fsp3) is 0.481. The molecule has 4 heterocycles. The van der Waals surface area contributed by atoms with Crippen molar-refractivity contribution < 1.29 is 17.9 Å². The number of alkyl halides is 3. The van der Waals surface area contributed by atoms with E-state index in [0.29, 0.717) is 46.2 Å². The third-order valence-electron chi connectivity index (χ3n) is 8.35. The van der Waals surface area contributed by atoms with E-state index in [1.165, 1.54) is 6.07 Å². The lowest BCUT2D eigenvalue weighted by Crippen LogP contribution is -2.56. The molecule has 0 bridgehead atoms. The van der Waals surface area contributed by atoms with Gasteiger partial charge in [-0.1, -0.05) is 0 Å². The van der Waals surface area contributed by atoms with Gasteiger partial charge in [-0.25, -0.2) is 9.97 Å². The van der Waals surface area contributed by atoms with Crippen LogP contribution in [0.2, 0.25) is 0 Å². The molecule has 0 unspecified atom stereocenters. The minimum atomic E-state index is -4.46. The monoisotopic (exact) mass is 526 g/mol. The molecule has 1 aliphatic carbocycles. The molecule has 1 aliphatic heterocycles. The van der Waals surface area contributed by atoms with Crippen molar-refractivity contribution in [3.8, 4) is 11.4 Å². The van der Waals surface area contributed by atoms with Gasteiger partial charge in [-0.15, -0.1) is 0 Å². The maximum atomic E-state index is 13.3. The third kappa shape index (κ3) is 4.17. The Bertz CT molecular complexity index is 1500. The number of benzene rings is 1. The van der Waals surface area contributed by atoms with Crippen LogP contribution in [0.1, 0.15) is 49.8 Å². The number of rotatable bonds is 4. The Morgan fingerprint density at radius 2 is 1.71 bits per heavy atom. The molecule has 6 rings (SSSR count). The lowest BCUT2D eigenvalue weighted by molar-refractivity contribution is -0.137. The van der Waals surface area contributed by atoms with Crippen molar-refractivity contribution in [3.05, 3.63) is 41.6 Å². The lowest BCUT2D eigenvalue weighted by atomic mass is 9.90. The molecule has 1 saturated heterocycles. The average molecular weight is 527 g/mol. The van der Waals surface area contributed by atoms with Crippen LogP contribution in [0.3, 0.4) is 0 Å². The molecule has 38 heavy (non-hydrogen) atoms. The molecule has 0 spiro atoms. The summed E-state index contributed by atoms with van der Waals surface area (Å²) in [7, 11) is 1.79. The largest absolute Gasteiger partial charge is 0.416 e. The smallest absolute Gasteiger partial charge is 0.383 e. The quantitative estimate of drug-likeness (QED) is 0.363. The number of nitrogen functional groups attached to an aromatic ring is 1. The van der Waals surface area contributed by atoms with Crippen molar-refractivity contribution in [1.82, 2.24) is 29.0 Å². The molecular formula is C27H31F3N7O+. The van der Waals surface area contributed by atoms with Crippen LogP contribution in [0, 0.1) is 6.92 Å². The number of halogens is 3. The standard InChI is InChI=1S/C27H31F3N7O/c1-16-26(33-21-13-17(27(28,29)30)5-10-20(21)32-16)22-14-24-34-25(15-23(31)36(24)35-22)37(11-3-4-12-37)18-6-8-19(38-2)9-7-18/h5,10,13-15,18-19H,3-4,6-9,11-12,31H2,1-2H3/q+1. The SMILES string of the molecule is COC1CCC([N+]2(c3cc(N)n4nc(-c5nc6cc(C(F)(F)F)ccc6nc5C)cc4n3)CCCC2)CC1. The van der Waals surface area contributed by atoms with Gasteiger partial charge in [-0.05, 0) is 38.0 Å². The Morgan fingerprint density at radius 3 is 2.39 bits per heavy atom. The average Bonchev–Trinajstić information content (AvgIpc) is 3.56. The molecular weight excluding hydrogens is 495 g/mol. The maximum Gasteiger partial charge on any atom is 0.416 e. The van der Waals surface area contributed by atoms with E-state index in [9.17, 15) is 13.2 Å². The van der Waals surface area contributed by atoms with Crippen molar-refractivity contribution in [2.24, 2.45) is 0 Å². The summed E-state index contributed by atoms with van der Waals surface area (Å²) in [5.41, 5.74) is 8.34. The van der Waals surface area contributed by atoms with Gasteiger partial charge in [0.15, 0.2) is 5.65 Å². The molecule has 1 aromatic carbocycles. The highest BCUT2D eigenvalue weighted by molar-refractivity contribution is 5.79. The van der Waals surface area contributed by atoms with Crippen molar-refractivity contribution in [2.45, 2.75) is 63.8 Å². The molecule has 2 N–H and O–H groups in total. The van der Waals surface area contributed by atoms with Gasteiger partial charge >= 0.3 is 6.18 Å². The van der Waals surface area contributed by atoms with Gasteiger partial charge < -0.3 is 10.5 Å². The number of aryl methyl sites for hydroxylation is 1. The number of hydrogen-bond donors (Lipinski definition) is 1. The second-order valence-corrected chi connectivity index (χ2v) is 10.6. The number of nitrogens with two attached hydrogens (primary N) is 1. The molecule has 3 aromatic heterocycles. The topological polar surface area (TPSA) is 91.2 Å². The first-order valence-electron chi connectivity index (χ1n) is 13.1. The van der Waals surface area contributed by atoms with Gasteiger partial charge in [0.25, 0.3) is 0 Å². The fourth-order valence-corrected chi connectivity index (χ4v) is 6.35. The molecule has 2 fully saturated rings. The number of aromatic nitrogens is 5. The minimum Gasteiger partial charge on any atom is -0.383 e. The molecule has 1 saturated carbocycles. The van der Waals surface area contributed by atoms with E-state index >= 15 is 0 Å². The summed E-state index contributed by atoms with van der Waals surface area (Å²) in [6.45, 7) is 3.83.